The van der Waals surface area contributed by atoms with Crippen molar-refractivity contribution >= 4 is 9.84 Å². The molecule has 0 aliphatic heterocycles. The van der Waals surface area contributed by atoms with Crippen LogP contribution in [0.5, 0.6) is 11.5 Å². The highest BCUT2D eigenvalue weighted by atomic mass is 32.2. The van der Waals surface area contributed by atoms with E-state index in [-0.39, 0.29) is 11.4 Å². The third-order valence-corrected chi connectivity index (χ3v) is 5.61. The van der Waals surface area contributed by atoms with Crippen molar-refractivity contribution in [2.45, 2.75) is 43.6 Å². The van der Waals surface area contributed by atoms with Gasteiger partial charge in [-0.15, -0.1) is 0 Å². The number of nitrogens with two attached hydrogens (primary N) is 1. The molecular formula is C15H23NO4S. The Labute approximate surface area is 126 Å². The second-order valence-electron chi connectivity index (χ2n) is 5.54. The molecule has 5 nitrogen and oxygen atoms in total. The second kappa shape index (κ2) is 6.66. The zero-order valence-corrected chi connectivity index (χ0v) is 13.4. The minimum absolute atomic E-state index is 0.0871. The summed E-state index contributed by atoms with van der Waals surface area (Å²) in [4.78, 5) is 0. The zero-order chi connectivity index (χ0) is 15.5. The minimum atomic E-state index is -3.01. The molecule has 0 radical (unpaired) electrons. The summed E-state index contributed by atoms with van der Waals surface area (Å²) in [6, 6.07) is 5.53. The molecule has 21 heavy (non-hydrogen) atoms. The molecule has 0 saturated heterocycles. The normalized spacial score (nSPS) is 22.8. The molecule has 1 aromatic rings. The first-order chi connectivity index (χ1) is 9.94. The van der Waals surface area contributed by atoms with Gasteiger partial charge in [-0.05, 0) is 25.3 Å². The highest BCUT2D eigenvalue weighted by Gasteiger charge is 2.30. The van der Waals surface area contributed by atoms with Crippen LogP contribution in [0.2, 0.25) is 0 Å². The van der Waals surface area contributed by atoms with Gasteiger partial charge in [0, 0.05) is 30.9 Å². The number of hydrogen-bond donors (Lipinski definition) is 1. The number of methoxy groups -OCH3 is 1. The van der Waals surface area contributed by atoms with Gasteiger partial charge in [-0.25, -0.2) is 8.42 Å². The SMILES string of the molecule is COc1ccc(CN)c(OC2CCCC(S(C)(=O)=O)C2)c1. The lowest BCUT2D eigenvalue weighted by Crippen LogP contribution is -2.33. The lowest BCUT2D eigenvalue weighted by atomic mass is 9.97. The lowest BCUT2D eigenvalue weighted by molar-refractivity contribution is 0.154. The number of hydrogen-bond acceptors (Lipinski definition) is 5. The second-order valence-corrected chi connectivity index (χ2v) is 7.86. The smallest absolute Gasteiger partial charge is 0.150 e. The van der Waals surface area contributed by atoms with Crippen LogP contribution in [0.25, 0.3) is 0 Å². The van der Waals surface area contributed by atoms with Crippen molar-refractivity contribution in [2.24, 2.45) is 5.73 Å². The number of sulfone groups is 1. The van der Waals surface area contributed by atoms with Crippen LogP contribution in [-0.4, -0.2) is 33.1 Å². The van der Waals surface area contributed by atoms with Crippen LogP contribution < -0.4 is 15.2 Å². The Kier molecular flexibility index (Phi) is 5.11. The number of ether oxygens (including phenoxy) is 2. The van der Waals surface area contributed by atoms with Crippen LogP contribution in [0.4, 0.5) is 0 Å². The van der Waals surface area contributed by atoms with Crippen LogP contribution in [0.15, 0.2) is 18.2 Å². The third kappa shape index (κ3) is 4.11. The predicted octanol–water partition coefficient (Wildman–Crippen LogP) is 1.89. The number of benzene rings is 1. The molecule has 2 N–H and O–H groups in total. The zero-order valence-electron chi connectivity index (χ0n) is 12.5. The summed E-state index contributed by atoms with van der Waals surface area (Å²) in [5, 5.41) is -0.303. The maximum absolute atomic E-state index is 11.7. The summed E-state index contributed by atoms with van der Waals surface area (Å²) in [5.41, 5.74) is 6.63. The van der Waals surface area contributed by atoms with E-state index >= 15 is 0 Å². The fourth-order valence-electron chi connectivity index (χ4n) is 2.72. The van der Waals surface area contributed by atoms with E-state index in [9.17, 15) is 8.42 Å². The lowest BCUT2D eigenvalue weighted by Gasteiger charge is -2.29. The molecule has 118 valence electrons. The average Bonchev–Trinajstić information content (AvgIpc) is 2.46. The summed E-state index contributed by atoms with van der Waals surface area (Å²) < 4.78 is 34.6. The predicted molar refractivity (Wildman–Crippen MR) is 82.4 cm³/mol. The molecule has 0 heterocycles. The molecule has 1 aliphatic carbocycles. The Bertz CT molecular complexity index is 585. The summed E-state index contributed by atoms with van der Waals surface area (Å²) in [6.45, 7) is 0.377. The van der Waals surface area contributed by atoms with Crippen LogP contribution in [0.1, 0.15) is 31.2 Å². The highest BCUT2D eigenvalue weighted by Crippen LogP contribution is 2.31. The van der Waals surface area contributed by atoms with Gasteiger partial charge in [-0.3, -0.25) is 0 Å². The van der Waals surface area contributed by atoms with Gasteiger partial charge >= 0.3 is 0 Å². The van der Waals surface area contributed by atoms with E-state index in [2.05, 4.69) is 0 Å². The number of rotatable bonds is 5. The van der Waals surface area contributed by atoms with Crippen molar-refractivity contribution in [1.29, 1.82) is 0 Å². The Morgan fingerprint density at radius 3 is 2.71 bits per heavy atom. The standard InChI is InChI=1S/C15H23NO4S/c1-19-12-7-6-11(10-16)15(9-12)20-13-4-3-5-14(8-13)21(2,17)18/h6-7,9,13-14H,3-5,8,10,16H2,1-2H3. The van der Waals surface area contributed by atoms with E-state index in [0.29, 0.717) is 24.5 Å². The van der Waals surface area contributed by atoms with E-state index in [4.69, 9.17) is 15.2 Å². The molecule has 0 spiro atoms. The summed E-state index contributed by atoms with van der Waals surface area (Å²) in [5.74, 6) is 1.40. The first kappa shape index (κ1) is 16.1. The van der Waals surface area contributed by atoms with Gasteiger partial charge in [0.15, 0.2) is 0 Å². The van der Waals surface area contributed by atoms with Gasteiger partial charge < -0.3 is 15.2 Å². The first-order valence-corrected chi connectivity index (χ1v) is 9.12. The fourth-order valence-corrected chi connectivity index (χ4v) is 3.88. The molecule has 0 aromatic heterocycles. The average molecular weight is 313 g/mol. The quantitative estimate of drug-likeness (QED) is 0.898. The van der Waals surface area contributed by atoms with Crippen molar-refractivity contribution in [3.05, 3.63) is 23.8 Å². The van der Waals surface area contributed by atoms with E-state index in [1.165, 1.54) is 6.26 Å². The molecule has 1 saturated carbocycles. The van der Waals surface area contributed by atoms with E-state index in [0.717, 1.165) is 24.8 Å². The minimum Gasteiger partial charge on any atom is -0.497 e. The van der Waals surface area contributed by atoms with E-state index in [1.54, 1.807) is 7.11 Å². The van der Waals surface area contributed by atoms with Crippen molar-refractivity contribution in [2.75, 3.05) is 13.4 Å². The molecule has 2 unspecified atom stereocenters. The Morgan fingerprint density at radius 1 is 1.33 bits per heavy atom. The van der Waals surface area contributed by atoms with Gasteiger partial charge in [-0.1, -0.05) is 6.07 Å². The van der Waals surface area contributed by atoms with Crippen molar-refractivity contribution in [3.63, 3.8) is 0 Å². The topological polar surface area (TPSA) is 78.6 Å². The molecule has 2 rings (SSSR count). The van der Waals surface area contributed by atoms with Crippen LogP contribution >= 0.6 is 0 Å². The van der Waals surface area contributed by atoms with Gasteiger partial charge in [0.1, 0.15) is 21.3 Å². The summed E-state index contributed by atoms with van der Waals surface area (Å²) in [6.07, 6.45) is 4.21. The van der Waals surface area contributed by atoms with Crippen molar-refractivity contribution in [1.82, 2.24) is 0 Å². The largest absolute Gasteiger partial charge is 0.497 e. The fraction of sp³-hybridized carbons (Fsp3) is 0.600. The first-order valence-electron chi connectivity index (χ1n) is 7.16. The molecule has 1 aromatic carbocycles. The molecule has 6 heteroatoms. The van der Waals surface area contributed by atoms with Gasteiger partial charge in [0.25, 0.3) is 0 Å². The maximum atomic E-state index is 11.7. The summed E-state index contributed by atoms with van der Waals surface area (Å²) in [7, 11) is -1.41. The molecule has 0 amide bonds. The van der Waals surface area contributed by atoms with Crippen molar-refractivity contribution in [3.8, 4) is 11.5 Å². The van der Waals surface area contributed by atoms with Crippen LogP contribution in [0.3, 0.4) is 0 Å². The molecule has 0 bridgehead atoms. The van der Waals surface area contributed by atoms with E-state index in [1.807, 2.05) is 18.2 Å². The summed E-state index contributed by atoms with van der Waals surface area (Å²) >= 11 is 0. The van der Waals surface area contributed by atoms with Crippen LogP contribution in [0, 0.1) is 0 Å². The third-order valence-electron chi connectivity index (χ3n) is 3.97. The molecule has 1 fully saturated rings. The molecular weight excluding hydrogens is 290 g/mol. The highest BCUT2D eigenvalue weighted by molar-refractivity contribution is 7.91. The van der Waals surface area contributed by atoms with Crippen LogP contribution in [-0.2, 0) is 16.4 Å². The maximum Gasteiger partial charge on any atom is 0.150 e. The van der Waals surface area contributed by atoms with Gasteiger partial charge in [0.05, 0.1) is 18.5 Å². The Morgan fingerprint density at radius 2 is 2.10 bits per heavy atom. The monoisotopic (exact) mass is 313 g/mol. The van der Waals surface area contributed by atoms with Gasteiger partial charge in [-0.2, -0.15) is 0 Å². The van der Waals surface area contributed by atoms with E-state index < -0.39 is 9.84 Å². The Balaban J connectivity index is 2.14. The van der Waals surface area contributed by atoms with Gasteiger partial charge in [0.2, 0.25) is 0 Å². The molecule has 1 aliphatic rings. The Hall–Kier alpha value is -1.27. The molecule has 2 atom stereocenters. The van der Waals surface area contributed by atoms with Crippen molar-refractivity contribution < 1.29 is 17.9 Å².